The van der Waals surface area contributed by atoms with Gasteiger partial charge in [-0.3, -0.25) is 0 Å². The molecule has 0 radical (unpaired) electrons. The number of aliphatic hydroxyl groups is 1. The number of fused-ring (bicyclic) bond motifs is 1. The minimum Gasteiger partial charge on any atom is -0.394 e. The number of thiophene rings is 1. The van der Waals surface area contributed by atoms with Crippen LogP contribution in [0.2, 0.25) is 4.34 Å². The summed E-state index contributed by atoms with van der Waals surface area (Å²) in [6.45, 7) is 0.870. The van der Waals surface area contributed by atoms with Gasteiger partial charge in [-0.05, 0) is 36.1 Å². The Morgan fingerprint density at radius 3 is 2.84 bits per heavy atom. The molecular weight excluding hydrogens is 278 g/mol. The summed E-state index contributed by atoms with van der Waals surface area (Å²) in [5.74, 6) is 0. The molecule has 19 heavy (non-hydrogen) atoms. The molecule has 0 amide bonds. The molecule has 1 heterocycles. The molecule has 1 unspecified atom stereocenters. The van der Waals surface area contributed by atoms with Gasteiger partial charge < -0.3 is 10.4 Å². The highest BCUT2D eigenvalue weighted by atomic mass is 35.5. The smallest absolute Gasteiger partial charge is 0.0931 e. The second-order valence-electron chi connectivity index (χ2n) is 4.96. The molecule has 2 nitrogen and oxygen atoms in total. The molecule has 0 aliphatic heterocycles. The first kappa shape index (κ1) is 13.1. The van der Waals surface area contributed by atoms with E-state index in [9.17, 15) is 5.11 Å². The number of halogens is 1. The molecule has 0 saturated heterocycles. The van der Waals surface area contributed by atoms with Gasteiger partial charge in [0, 0.05) is 11.4 Å². The molecule has 0 spiro atoms. The van der Waals surface area contributed by atoms with Crippen molar-refractivity contribution in [2.24, 2.45) is 0 Å². The lowest BCUT2D eigenvalue weighted by Crippen LogP contribution is -2.43. The normalized spacial score (nSPS) is 21.6. The van der Waals surface area contributed by atoms with E-state index in [4.69, 9.17) is 11.6 Å². The van der Waals surface area contributed by atoms with Crippen LogP contribution in [0.3, 0.4) is 0 Å². The van der Waals surface area contributed by atoms with Gasteiger partial charge in [-0.15, -0.1) is 11.3 Å². The fourth-order valence-corrected chi connectivity index (χ4v) is 3.82. The third kappa shape index (κ3) is 2.43. The van der Waals surface area contributed by atoms with Crippen LogP contribution in [0.1, 0.15) is 22.4 Å². The Labute approximate surface area is 122 Å². The van der Waals surface area contributed by atoms with Crippen LogP contribution >= 0.6 is 22.9 Å². The van der Waals surface area contributed by atoms with Crippen molar-refractivity contribution >= 4 is 22.9 Å². The van der Waals surface area contributed by atoms with Crippen molar-refractivity contribution in [2.75, 3.05) is 6.61 Å². The van der Waals surface area contributed by atoms with Crippen molar-refractivity contribution in [2.45, 2.75) is 24.9 Å². The van der Waals surface area contributed by atoms with Crippen molar-refractivity contribution in [3.05, 3.63) is 56.7 Å². The standard InChI is InChI=1S/C15H16ClNOS/c16-14-6-5-12(19-14)9-17-15(10-18)8-7-11-3-1-2-4-13(11)15/h1-6,17-18H,7-10H2. The first-order valence-electron chi connectivity index (χ1n) is 6.42. The fourth-order valence-electron chi connectivity index (χ4n) is 2.79. The Bertz CT molecular complexity index is 583. The molecule has 3 rings (SSSR count). The highest BCUT2D eigenvalue weighted by Crippen LogP contribution is 2.37. The monoisotopic (exact) mass is 293 g/mol. The van der Waals surface area contributed by atoms with Crippen LogP contribution in [0.4, 0.5) is 0 Å². The molecule has 1 aliphatic rings. The fraction of sp³-hybridized carbons (Fsp3) is 0.333. The van der Waals surface area contributed by atoms with Gasteiger partial charge in [0.1, 0.15) is 0 Å². The lowest BCUT2D eigenvalue weighted by molar-refractivity contribution is 0.159. The first-order valence-corrected chi connectivity index (χ1v) is 7.61. The van der Waals surface area contributed by atoms with Gasteiger partial charge in [-0.25, -0.2) is 0 Å². The summed E-state index contributed by atoms with van der Waals surface area (Å²) in [6.07, 6.45) is 1.97. The maximum absolute atomic E-state index is 9.86. The molecule has 1 aromatic heterocycles. The van der Waals surface area contributed by atoms with E-state index in [0.717, 1.165) is 23.7 Å². The van der Waals surface area contributed by atoms with E-state index >= 15 is 0 Å². The lowest BCUT2D eigenvalue weighted by Gasteiger charge is -2.29. The highest BCUT2D eigenvalue weighted by Gasteiger charge is 2.37. The predicted molar refractivity (Wildman–Crippen MR) is 79.7 cm³/mol. The van der Waals surface area contributed by atoms with Crippen molar-refractivity contribution in [1.82, 2.24) is 5.32 Å². The third-order valence-electron chi connectivity index (χ3n) is 3.85. The van der Waals surface area contributed by atoms with Gasteiger partial charge in [0.25, 0.3) is 0 Å². The maximum atomic E-state index is 9.86. The van der Waals surface area contributed by atoms with Crippen molar-refractivity contribution in [3.63, 3.8) is 0 Å². The molecule has 0 bridgehead atoms. The van der Waals surface area contributed by atoms with Gasteiger partial charge in [0.2, 0.25) is 0 Å². The number of aryl methyl sites for hydroxylation is 1. The quantitative estimate of drug-likeness (QED) is 0.906. The van der Waals surface area contributed by atoms with Gasteiger partial charge in [-0.2, -0.15) is 0 Å². The SMILES string of the molecule is OCC1(NCc2ccc(Cl)s2)CCc2ccccc21. The van der Waals surface area contributed by atoms with E-state index < -0.39 is 0 Å². The minimum absolute atomic E-state index is 0.128. The van der Waals surface area contributed by atoms with Gasteiger partial charge in [-0.1, -0.05) is 35.9 Å². The summed E-state index contributed by atoms with van der Waals surface area (Å²) in [6, 6.07) is 12.3. The molecule has 2 N–H and O–H groups in total. The van der Waals surface area contributed by atoms with Crippen LogP contribution in [-0.2, 0) is 18.5 Å². The Balaban J connectivity index is 1.81. The van der Waals surface area contributed by atoms with E-state index in [1.165, 1.54) is 16.0 Å². The Morgan fingerprint density at radius 2 is 2.11 bits per heavy atom. The Kier molecular flexibility index (Phi) is 3.63. The molecule has 100 valence electrons. The number of nitrogens with one attached hydrogen (secondary N) is 1. The lowest BCUT2D eigenvalue weighted by atomic mass is 9.92. The van der Waals surface area contributed by atoms with E-state index in [-0.39, 0.29) is 12.1 Å². The summed E-state index contributed by atoms with van der Waals surface area (Å²) in [5.41, 5.74) is 2.28. The summed E-state index contributed by atoms with van der Waals surface area (Å²) < 4.78 is 0.807. The first-order chi connectivity index (χ1) is 9.23. The van der Waals surface area contributed by atoms with Crippen LogP contribution in [0.5, 0.6) is 0 Å². The van der Waals surface area contributed by atoms with Crippen LogP contribution in [0, 0.1) is 0 Å². The van der Waals surface area contributed by atoms with E-state index in [2.05, 4.69) is 23.5 Å². The molecule has 0 saturated carbocycles. The van der Waals surface area contributed by atoms with Crippen molar-refractivity contribution < 1.29 is 5.11 Å². The van der Waals surface area contributed by atoms with E-state index in [0.29, 0.717) is 0 Å². The zero-order valence-electron chi connectivity index (χ0n) is 10.5. The second kappa shape index (κ2) is 5.25. The van der Waals surface area contributed by atoms with Crippen molar-refractivity contribution in [3.8, 4) is 0 Å². The molecular formula is C15H16ClNOS. The van der Waals surface area contributed by atoms with Crippen LogP contribution < -0.4 is 5.32 Å². The summed E-state index contributed by atoms with van der Waals surface area (Å²) >= 11 is 7.53. The summed E-state index contributed by atoms with van der Waals surface area (Å²) in [7, 11) is 0. The maximum Gasteiger partial charge on any atom is 0.0931 e. The van der Waals surface area contributed by atoms with Gasteiger partial charge in [0.05, 0.1) is 16.5 Å². The molecule has 1 aromatic carbocycles. The Hall–Kier alpha value is -0.870. The number of aliphatic hydroxyl groups excluding tert-OH is 1. The number of hydrogen-bond acceptors (Lipinski definition) is 3. The van der Waals surface area contributed by atoms with E-state index in [1.807, 2.05) is 18.2 Å². The zero-order valence-corrected chi connectivity index (χ0v) is 12.1. The predicted octanol–water partition coefficient (Wildman–Crippen LogP) is 3.33. The highest BCUT2D eigenvalue weighted by molar-refractivity contribution is 7.16. The van der Waals surface area contributed by atoms with Gasteiger partial charge >= 0.3 is 0 Å². The summed E-state index contributed by atoms with van der Waals surface area (Å²) in [4.78, 5) is 1.20. The number of benzene rings is 1. The molecule has 1 aliphatic carbocycles. The number of hydrogen-bond donors (Lipinski definition) is 2. The third-order valence-corrected chi connectivity index (χ3v) is 5.08. The second-order valence-corrected chi connectivity index (χ2v) is 6.76. The number of rotatable bonds is 4. The minimum atomic E-state index is -0.299. The average molecular weight is 294 g/mol. The van der Waals surface area contributed by atoms with Crippen LogP contribution in [0.15, 0.2) is 36.4 Å². The van der Waals surface area contributed by atoms with Crippen LogP contribution in [-0.4, -0.2) is 11.7 Å². The molecule has 0 fully saturated rings. The van der Waals surface area contributed by atoms with E-state index in [1.54, 1.807) is 11.3 Å². The molecule has 1 atom stereocenters. The zero-order chi connectivity index (χ0) is 13.3. The van der Waals surface area contributed by atoms with Crippen LogP contribution in [0.25, 0.3) is 0 Å². The largest absolute Gasteiger partial charge is 0.394 e. The Morgan fingerprint density at radius 1 is 1.26 bits per heavy atom. The van der Waals surface area contributed by atoms with Crippen molar-refractivity contribution in [1.29, 1.82) is 0 Å². The molecule has 2 aromatic rings. The average Bonchev–Trinajstić information content (AvgIpc) is 3.01. The topological polar surface area (TPSA) is 32.3 Å². The summed E-state index contributed by atoms with van der Waals surface area (Å²) in [5, 5.41) is 13.4. The van der Waals surface area contributed by atoms with Gasteiger partial charge in [0.15, 0.2) is 0 Å². The molecule has 4 heteroatoms.